The van der Waals surface area contributed by atoms with Crippen LogP contribution in [0.2, 0.25) is 5.02 Å². The Morgan fingerprint density at radius 3 is 2.43 bits per heavy atom. The van der Waals surface area contributed by atoms with E-state index in [0.717, 1.165) is 35.3 Å². The Hall–Kier alpha value is -2.87. The molecule has 184 valence electrons. The molecule has 6 nitrogen and oxygen atoms in total. The van der Waals surface area contributed by atoms with Crippen LogP contribution in [0, 0.1) is 0 Å². The minimum atomic E-state index is -3.27. The van der Waals surface area contributed by atoms with Crippen molar-refractivity contribution in [2.45, 2.75) is 37.2 Å². The van der Waals surface area contributed by atoms with Gasteiger partial charge < -0.3 is 14.8 Å². The number of rotatable bonds is 8. The fourth-order valence-corrected chi connectivity index (χ4v) is 5.11. The number of hydrogen-bond acceptors (Lipinski definition) is 5. The second-order valence-electron chi connectivity index (χ2n) is 8.39. The Morgan fingerprint density at radius 1 is 1.03 bits per heavy atom. The van der Waals surface area contributed by atoms with E-state index in [-0.39, 0.29) is 29.1 Å². The molecule has 1 fully saturated rings. The van der Waals surface area contributed by atoms with E-state index in [1.807, 2.05) is 30.3 Å². The number of benzene rings is 3. The molecule has 0 saturated carbocycles. The number of hydrogen-bond donors (Lipinski definition) is 1. The molecule has 0 aromatic heterocycles. The Kier molecular flexibility index (Phi) is 8.11. The molecule has 1 aliphatic rings. The molecular weight excluding hydrogens is 486 g/mol. The zero-order valence-electron chi connectivity index (χ0n) is 19.5. The third kappa shape index (κ3) is 6.42. The standard InChI is InChI=1S/C27H28ClNO5S/c1-2-35(31,32)22-10-7-19(8-11-22)17-27(30)29-20-9-12-23(25(28)18-20)24-5-3-4-6-26(24)34-21-13-15-33-16-14-21/h3-12,18,21H,2,13-17H2,1H3,(H,29,30). The summed E-state index contributed by atoms with van der Waals surface area (Å²) in [6.45, 7) is 3.00. The lowest BCUT2D eigenvalue weighted by atomic mass is 10.0. The van der Waals surface area contributed by atoms with Crippen molar-refractivity contribution in [3.63, 3.8) is 0 Å². The lowest BCUT2D eigenvalue weighted by molar-refractivity contribution is -0.115. The van der Waals surface area contributed by atoms with E-state index in [0.29, 0.717) is 23.9 Å². The Balaban J connectivity index is 1.44. The van der Waals surface area contributed by atoms with Crippen LogP contribution in [0.4, 0.5) is 5.69 Å². The van der Waals surface area contributed by atoms with Crippen LogP contribution in [0.5, 0.6) is 5.75 Å². The van der Waals surface area contributed by atoms with E-state index >= 15 is 0 Å². The highest BCUT2D eigenvalue weighted by atomic mass is 35.5. The van der Waals surface area contributed by atoms with Gasteiger partial charge in [0.25, 0.3) is 0 Å². The first-order valence-corrected chi connectivity index (χ1v) is 13.6. The third-order valence-electron chi connectivity index (χ3n) is 5.92. The number of para-hydroxylation sites is 1. The summed E-state index contributed by atoms with van der Waals surface area (Å²) < 4.78 is 35.6. The average molecular weight is 514 g/mol. The topological polar surface area (TPSA) is 81.7 Å². The third-order valence-corrected chi connectivity index (χ3v) is 7.98. The maximum absolute atomic E-state index is 12.6. The van der Waals surface area contributed by atoms with Crippen molar-refractivity contribution < 1.29 is 22.7 Å². The molecule has 1 amide bonds. The smallest absolute Gasteiger partial charge is 0.228 e. The Bertz CT molecular complexity index is 1290. The summed E-state index contributed by atoms with van der Waals surface area (Å²) in [5, 5.41) is 3.36. The van der Waals surface area contributed by atoms with Crippen LogP contribution in [-0.2, 0) is 25.8 Å². The van der Waals surface area contributed by atoms with Crippen molar-refractivity contribution in [1.82, 2.24) is 0 Å². The fourth-order valence-electron chi connectivity index (χ4n) is 3.95. The number of carbonyl (C=O) groups excluding carboxylic acids is 1. The lowest BCUT2D eigenvalue weighted by Gasteiger charge is -2.24. The molecule has 8 heteroatoms. The Morgan fingerprint density at radius 2 is 1.74 bits per heavy atom. The number of carbonyl (C=O) groups is 1. The van der Waals surface area contributed by atoms with Crippen molar-refractivity contribution >= 4 is 33.0 Å². The number of anilines is 1. The molecule has 0 aliphatic carbocycles. The van der Waals surface area contributed by atoms with Crippen molar-refractivity contribution in [1.29, 1.82) is 0 Å². The number of ether oxygens (including phenoxy) is 2. The van der Waals surface area contributed by atoms with Gasteiger partial charge in [-0.25, -0.2) is 8.42 Å². The van der Waals surface area contributed by atoms with E-state index < -0.39 is 9.84 Å². The lowest BCUT2D eigenvalue weighted by Crippen LogP contribution is -2.26. The van der Waals surface area contributed by atoms with Crippen LogP contribution in [0.25, 0.3) is 11.1 Å². The maximum atomic E-state index is 12.6. The van der Waals surface area contributed by atoms with Gasteiger partial charge in [-0.1, -0.05) is 54.9 Å². The molecule has 35 heavy (non-hydrogen) atoms. The van der Waals surface area contributed by atoms with Crippen LogP contribution in [0.3, 0.4) is 0 Å². The molecule has 0 spiro atoms. The van der Waals surface area contributed by atoms with E-state index in [1.54, 1.807) is 31.2 Å². The normalized spacial score (nSPS) is 14.5. The van der Waals surface area contributed by atoms with Crippen molar-refractivity contribution in [2.24, 2.45) is 0 Å². The van der Waals surface area contributed by atoms with Crippen LogP contribution in [0.1, 0.15) is 25.3 Å². The minimum Gasteiger partial charge on any atom is -0.490 e. The number of nitrogens with one attached hydrogen (secondary N) is 1. The quantitative estimate of drug-likeness (QED) is 0.427. The molecule has 0 bridgehead atoms. The molecule has 1 N–H and O–H groups in total. The van der Waals surface area contributed by atoms with Crippen molar-refractivity contribution in [3.8, 4) is 16.9 Å². The molecule has 1 heterocycles. The van der Waals surface area contributed by atoms with E-state index in [1.165, 1.54) is 12.1 Å². The van der Waals surface area contributed by atoms with Gasteiger partial charge in [-0.15, -0.1) is 0 Å². The highest BCUT2D eigenvalue weighted by Gasteiger charge is 2.18. The first-order chi connectivity index (χ1) is 16.9. The molecule has 0 radical (unpaired) electrons. The van der Waals surface area contributed by atoms with Crippen LogP contribution in [-0.4, -0.2) is 39.4 Å². The summed E-state index contributed by atoms with van der Waals surface area (Å²) in [7, 11) is -3.27. The predicted molar refractivity (Wildman–Crippen MR) is 138 cm³/mol. The van der Waals surface area contributed by atoms with Crippen molar-refractivity contribution in [2.75, 3.05) is 24.3 Å². The molecule has 4 rings (SSSR count). The first kappa shape index (κ1) is 25.2. The second kappa shape index (κ2) is 11.2. The van der Waals surface area contributed by atoms with Gasteiger partial charge in [-0.2, -0.15) is 0 Å². The summed E-state index contributed by atoms with van der Waals surface area (Å²) in [4.78, 5) is 12.8. The van der Waals surface area contributed by atoms with Crippen molar-refractivity contribution in [3.05, 3.63) is 77.3 Å². The van der Waals surface area contributed by atoms with E-state index in [4.69, 9.17) is 21.1 Å². The van der Waals surface area contributed by atoms with Gasteiger partial charge >= 0.3 is 0 Å². The summed E-state index contributed by atoms with van der Waals surface area (Å²) in [5.41, 5.74) is 3.01. The van der Waals surface area contributed by atoms with E-state index in [2.05, 4.69) is 5.32 Å². The van der Waals surface area contributed by atoms with Gasteiger partial charge in [-0.05, 0) is 35.9 Å². The zero-order valence-corrected chi connectivity index (χ0v) is 21.1. The second-order valence-corrected chi connectivity index (χ2v) is 11.1. The van der Waals surface area contributed by atoms with Gasteiger partial charge in [0.1, 0.15) is 11.9 Å². The monoisotopic (exact) mass is 513 g/mol. The molecule has 1 saturated heterocycles. The molecular formula is C27H28ClNO5S. The summed E-state index contributed by atoms with van der Waals surface area (Å²) in [5.74, 6) is 0.588. The van der Waals surface area contributed by atoms with E-state index in [9.17, 15) is 13.2 Å². The Labute approximate surface area is 211 Å². The predicted octanol–water partition coefficient (Wildman–Crippen LogP) is 5.54. The van der Waals surface area contributed by atoms with Gasteiger partial charge in [0.05, 0.1) is 35.3 Å². The summed E-state index contributed by atoms with van der Waals surface area (Å²) >= 11 is 6.61. The molecule has 3 aromatic rings. The average Bonchev–Trinajstić information content (AvgIpc) is 2.86. The van der Waals surface area contributed by atoms with Crippen LogP contribution < -0.4 is 10.1 Å². The SMILES string of the molecule is CCS(=O)(=O)c1ccc(CC(=O)Nc2ccc(-c3ccccc3OC3CCOCC3)c(Cl)c2)cc1. The van der Waals surface area contributed by atoms with Crippen LogP contribution in [0.15, 0.2) is 71.6 Å². The first-order valence-electron chi connectivity index (χ1n) is 11.6. The summed E-state index contributed by atoms with van der Waals surface area (Å²) in [6.07, 6.45) is 1.93. The minimum absolute atomic E-state index is 0.0374. The van der Waals surface area contributed by atoms with Gasteiger partial charge in [-0.3, -0.25) is 4.79 Å². The maximum Gasteiger partial charge on any atom is 0.228 e. The highest BCUT2D eigenvalue weighted by molar-refractivity contribution is 7.91. The van der Waals surface area contributed by atoms with Crippen LogP contribution >= 0.6 is 11.6 Å². The molecule has 0 unspecified atom stereocenters. The number of sulfone groups is 1. The highest BCUT2D eigenvalue weighted by Crippen LogP contribution is 2.37. The number of amides is 1. The molecule has 3 aromatic carbocycles. The molecule has 1 aliphatic heterocycles. The van der Waals surface area contributed by atoms with Gasteiger partial charge in [0, 0.05) is 29.7 Å². The number of halogens is 1. The zero-order chi connectivity index (χ0) is 24.8. The van der Waals surface area contributed by atoms with Gasteiger partial charge in [0.2, 0.25) is 5.91 Å². The summed E-state index contributed by atoms with van der Waals surface area (Å²) in [6, 6.07) is 19.6. The molecule has 0 atom stereocenters. The largest absolute Gasteiger partial charge is 0.490 e. The fraction of sp³-hybridized carbons (Fsp3) is 0.296. The van der Waals surface area contributed by atoms with Gasteiger partial charge in [0.15, 0.2) is 9.84 Å².